The first-order chi connectivity index (χ1) is 15.5. The molecule has 2 aliphatic rings. The van der Waals surface area contributed by atoms with Gasteiger partial charge in [0, 0.05) is 38.6 Å². The minimum Gasteiger partial charge on any atom is -0.353 e. The van der Waals surface area contributed by atoms with Crippen LogP contribution in [0.3, 0.4) is 0 Å². The predicted octanol–water partition coefficient (Wildman–Crippen LogP) is 2.46. The van der Waals surface area contributed by atoms with Gasteiger partial charge in [0.05, 0.1) is 22.8 Å². The number of amides is 2. The number of nitrogens with one attached hydrogen (secondary N) is 2. The molecule has 1 saturated carbocycles. The molecule has 2 fully saturated rings. The lowest BCUT2D eigenvalue weighted by Gasteiger charge is -2.40. The van der Waals surface area contributed by atoms with Crippen molar-refractivity contribution in [2.24, 2.45) is 7.05 Å². The number of rotatable bonds is 2. The highest BCUT2D eigenvalue weighted by molar-refractivity contribution is 5.95. The summed E-state index contributed by atoms with van der Waals surface area (Å²) < 4.78 is 16.8. The molecule has 1 saturated heterocycles. The Morgan fingerprint density at radius 2 is 1.84 bits per heavy atom. The van der Waals surface area contributed by atoms with E-state index in [0.29, 0.717) is 31.7 Å². The number of benzene rings is 2. The standard InChI is InChI=1S/C24H26FN5O2/c1-29-21-14-17(3-4-18(21)15-28-29)16-5-6-19(20(25)13-16)22(31)30-11-9-26-23(32)24(7-2-8-24)27-10-12-30/h3-6,13-15,27H,2,7-12H2,1H3,(H,26,32). The molecule has 7 nitrogen and oxygen atoms in total. The lowest BCUT2D eigenvalue weighted by molar-refractivity contribution is -0.130. The van der Waals surface area contributed by atoms with Crippen molar-refractivity contribution in [3.05, 3.63) is 54.0 Å². The first kappa shape index (κ1) is 20.6. The molecule has 2 N–H and O–H groups in total. The van der Waals surface area contributed by atoms with Crippen molar-refractivity contribution in [2.45, 2.75) is 24.8 Å². The number of carbonyl (C=O) groups is 2. The van der Waals surface area contributed by atoms with Gasteiger partial charge in [-0.3, -0.25) is 14.3 Å². The van der Waals surface area contributed by atoms with Gasteiger partial charge < -0.3 is 15.5 Å². The first-order valence-electron chi connectivity index (χ1n) is 11.0. The van der Waals surface area contributed by atoms with Crippen LogP contribution in [0.4, 0.5) is 4.39 Å². The van der Waals surface area contributed by atoms with Gasteiger partial charge in [-0.15, -0.1) is 0 Å². The van der Waals surface area contributed by atoms with E-state index in [-0.39, 0.29) is 17.4 Å². The number of aromatic nitrogens is 2. The molecule has 0 unspecified atom stereocenters. The topological polar surface area (TPSA) is 79.3 Å². The molecule has 166 valence electrons. The zero-order chi connectivity index (χ0) is 22.3. The van der Waals surface area contributed by atoms with Crippen LogP contribution < -0.4 is 10.6 Å². The van der Waals surface area contributed by atoms with Crippen molar-refractivity contribution >= 4 is 22.7 Å². The van der Waals surface area contributed by atoms with Crippen LogP contribution in [0.2, 0.25) is 0 Å². The fourth-order valence-electron chi connectivity index (χ4n) is 4.60. The van der Waals surface area contributed by atoms with Gasteiger partial charge in [-0.05, 0) is 48.6 Å². The summed E-state index contributed by atoms with van der Waals surface area (Å²) in [4.78, 5) is 27.1. The highest BCUT2D eigenvalue weighted by atomic mass is 19.1. The Labute approximate surface area is 185 Å². The average Bonchev–Trinajstić information content (AvgIpc) is 3.16. The van der Waals surface area contributed by atoms with Gasteiger partial charge in [-0.2, -0.15) is 5.10 Å². The van der Waals surface area contributed by atoms with E-state index in [9.17, 15) is 9.59 Å². The summed E-state index contributed by atoms with van der Waals surface area (Å²) in [5, 5.41) is 11.5. The Balaban J connectivity index is 1.35. The van der Waals surface area contributed by atoms with E-state index in [1.165, 1.54) is 6.07 Å². The third-order valence-corrected chi connectivity index (χ3v) is 6.72. The molecule has 2 aromatic carbocycles. The maximum atomic E-state index is 15.0. The van der Waals surface area contributed by atoms with E-state index in [4.69, 9.17) is 0 Å². The van der Waals surface area contributed by atoms with E-state index < -0.39 is 11.4 Å². The molecule has 1 spiro atoms. The summed E-state index contributed by atoms with van der Waals surface area (Å²) in [7, 11) is 1.87. The third kappa shape index (κ3) is 3.54. The van der Waals surface area contributed by atoms with Gasteiger partial charge in [-0.25, -0.2) is 4.39 Å². The molecule has 8 heteroatoms. The molecule has 3 aromatic rings. The van der Waals surface area contributed by atoms with Crippen LogP contribution in [0.15, 0.2) is 42.6 Å². The van der Waals surface area contributed by atoms with Crippen LogP contribution in [-0.4, -0.2) is 58.2 Å². The Bertz CT molecular complexity index is 1200. The molecule has 1 aromatic heterocycles. The maximum absolute atomic E-state index is 15.0. The van der Waals surface area contributed by atoms with Crippen LogP contribution in [0.25, 0.3) is 22.0 Å². The highest BCUT2D eigenvalue weighted by Crippen LogP contribution is 2.32. The van der Waals surface area contributed by atoms with E-state index in [2.05, 4.69) is 15.7 Å². The minimum absolute atomic E-state index is 0.000950. The zero-order valence-corrected chi connectivity index (χ0v) is 18.0. The largest absolute Gasteiger partial charge is 0.353 e. The normalized spacial score (nSPS) is 18.6. The minimum atomic E-state index is -0.551. The van der Waals surface area contributed by atoms with Crippen molar-refractivity contribution in [1.82, 2.24) is 25.3 Å². The Kier molecular flexibility index (Phi) is 5.17. The second kappa shape index (κ2) is 8.02. The second-order valence-corrected chi connectivity index (χ2v) is 8.65. The van der Waals surface area contributed by atoms with Crippen LogP contribution in [0, 0.1) is 5.82 Å². The van der Waals surface area contributed by atoms with Crippen molar-refractivity contribution in [2.75, 3.05) is 26.2 Å². The van der Waals surface area contributed by atoms with Crippen molar-refractivity contribution < 1.29 is 14.0 Å². The summed E-state index contributed by atoms with van der Waals surface area (Å²) in [5.74, 6) is -0.916. The Morgan fingerprint density at radius 3 is 2.59 bits per heavy atom. The van der Waals surface area contributed by atoms with Gasteiger partial charge in [0.2, 0.25) is 5.91 Å². The molecular weight excluding hydrogens is 409 g/mol. The molecule has 0 bridgehead atoms. The Morgan fingerprint density at radius 1 is 1.09 bits per heavy atom. The average molecular weight is 436 g/mol. The number of nitrogens with zero attached hydrogens (tertiary/aromatic N) is 3. The Hall–Kier alpha value is -3.26. The summed E-state index contributed by atoms with van der Waals surface area (Å²) in [6.07, 6.45) is 4.44. The van der Waals surface area contributed by atoms with Gasteiger partial charge >= 0.3 is 0 Å². The lowest BCUT2D eigenvalue weighted by Crippen LogP contribution is -2.61. The molecule has 2 heterocycles. The number of fused-ring (bicyclic) bond motifs is 1. The van der Waals surface area contributed by atoms with Gasteiger partial charge in [0.25, 0.3) is 5.91 Å². The monoisotopic (exact) mass is 435 g/mol. The lowest BCUT2D eigenvalue weighted by atomic mass is 9.76. The maximum Gasteiger partial charge on any atom is 0.256 e. The quantitative estimate of drug-likeness (QED) is 0.648. The molecule has 1 aliphatic carbocycles. The van der Waals surface area contributed by atoms with Crippen molar-refractivity contribution in [1.29, 1.82) is 0 Å². The summed E-state index contributed by atoms with van der Waals surface area (Å²) >= 11 is 0. The molecule has 0 radical (unpaired) electrons. The number of halogens is 1. The van der Waals surface area contributed by atoms with Crippen LogP contribution in [-0.2, 0) is 11.8 Å². The van der Waals surface area contributed by atoms with E-state index in [0.717, 1.165) is 35.7 Å². The smallest absolute Gasteiger partial charge is 0.256 e. The van der Waals surface area contributed by atoms with Gasteiger partial charge in [-0.1, -0.05) is 18.2 Å². The summed E-state index contributed by atoms with van der Waals surface area (Å²) in [5.41, 5.74) is 2.06. The van der Waals surface area contributed by atoms with Crippen LogP contribution in [0.5, 0.6) is 0 Å². The number of hydrogen-bond acceptors (Lipinski definition) is 4. The third-order valence-electron chi connectivity index (χ3n) is 6.72. The summed E-state index contributed by atoms with van der Waals surface area (Å²) in [6.45, 7) is 1.64. The SMILES string of the molecule is Cn1ncc2ccc(-c3ccc(C(=O)N4CCNC(=O)C5(CCC5)NCC4)c(F)c3)cc21. The first-order valence-corrected chi connectivity index (χ1v) is 11.0. The van der Waals surface area contributed by atoms with Crippen molar-refractivity contribution in [3.63, 3.8) is 0 Å². The van der Waals surface area contributed by atoms with Gasteiger partial charge in [0.15, 0.2) is 0 Å². The number of hydrogen-bond donors (Lipinski definition) is 2. The van der Waals surface area contributed by atoms with Crippen LogP contribution >= 0.6 is 0 Å². The number of carbonyl (C=O) groups excluding carboxylic acids is 2. The fourth-order valence-corrected chi connectivity index (χ4v) is 4.60. The number of aryl methyl sites for hydroxylation is 1. The van der Waals surface area contributed by atoms with E-state index in [1.54, 1.807) is 27.9 Å². The molecule has 32 heavy (non-hydrogen) atoms. The van der Waals surface area contributed by atoms with Crippen LogP contribution in [0.1, 0.15) is 29.6 Å². The molecule has 5 rings (SSSR count). The van der Waals surface area contributed by atoms with Crippen molar-refractivity contribution in [3.8, 4) is 11.1 Å². The molecular formula is C24H26FN5O2. The van der Waals surface area contributed by atoms with E-state index >= 15 is 4.39 Å². The predicted molar refractivity (Wildman–Crippen MR) is 120 cm³/mol. The zero-order valence-electron chi connectivity index (χ0n) is 18.0. The van der Waals surface area contributed by atoms with E-state index in [1.807, 2.05) is 25.2 Å². The highest BCUT2D eigenvalue weighted by Gasteiger charge is 2.43. The molecule has 2 amide bonds. The van der Waals surface area contributed by atoms with Gasteiger partial charge in [0.1, 0.15) is 5.82 Å². The fraction of sp³-hybridized carbons (Fsp3) is 0.375. The summed E-state index contributed by atoms with van der Waals surface area (Å²) in [6, 6.07) is 10.6. The molecule has 1 aliphatic heterocycles. The molecule has 0 atom stereocenters. The second-order valence-electron chi connectivity index (χ2n) is 8.65.